The molecule has 0 amide bonds. The fraction of sp³-hybridized carbons (Fsp3) is 0.300. The average molecular weight is 199 g/mol. The second kappa shape index (κ2) is 5.73. The van der Waals surface area contributed by atoms with Gasteiger partial charge in [0.2, 0.25) is 0 Å². The number of nitrogens with zero attached hydrogens (tertiary/aromatic N) is 1. The maximum absolute atomic E-state index is 5.91. The van der Waals surface area contributed by atoms with Gasteiger partial charge in [-0.15, -0.1) is 19.0 Å². The summed E-state index contributed by atoms with van der Waals surface area (Å²) in [5.74, 6) is 0. The lowest BCUT2D eigenvalue weighted by Gasteiger charge is -2.10. The van der Waals surface area contributed by atoms with Crippen molar-refractivity contribution in [1.29, 1.82) is 0 Å². The van der Waals surface area contributed by atoms with Crippen LogP contribution in [0.2, 0.25) is 0 Å². The summed E-state index contributed by atoms with van der Waals surface area (Å²) in [6, 6.07) is 3.94. The molecular weight excluding hydrogens is 184 g/mol. The first-order valence-corrected chi connectivity index (χ1v) is 4.00. The summed E-state index contributed by atoms with van der Waals surface area (Å²) in [6.07, 6.45) is 4.35. The van der Waals surface area contributed by atoms with Crippen molar-refractivity contribution in [2.24, 2.45) is 5.73 Å². The molecule has 1 aromatic heterocycles. The van der Waals surface area contributed by atoms with Gasteiger partial charge in [-0.1, -0.05) is 5.57 Å². The van der Waals surface area contributed by atoms with E-state index in [0.29, 0.717) is 0 Å². The molecular formula is C10H15ClN2. The number of aromatic nitrogens is 1. The Morgan fingerprint density at radius 2 is 2.08 bits per heavy atom. The first-order chi connectivity index (χ1) is 5.70. The van der Waals surface area contributed by atoms with Gasteiger partial charge in [0.05, 0.1) is 0 Å². The molecule has 0 bridgehead atoms. The number of pyridine rings is 1. The van der Waals surface area contributed by atoms with Gasteiger partial charge in [-0.25, -0.2) is 0 Å². The van der Waals surface area contributed by atoms with Gasteiger partial charge < -0.3 is 5.73 Å². The van der Waals surface area contributed by atoms with Crippen molar-refractivity contribution in [2.75, 3.05) is 0 Å². The minimum Gasteiger partial charge on any atom is -0.324 e. The van der Waals surface area contributed by atoms with Gasteiger partial charge in [0.15, 0.2) is 0 Å². The Bertz CT molecular complexity index is 259. The first kappa shape index (κ1) is 12.1. The zero-order valence-electron chi connectivity index (χ0n) is 7.73. The second-order valence-electron chi connectivity index (χ2n) is 3.05. The van der Waals surface area contributed by atoms with Crippen molar-refractivity contribution >= 4 is 12.4 Å². The van der Waals surface area contributed by atoms with E-state index in [1.807, 2.05) is 19.1 Å². The van der Waals surface area contributed by atoms with Gasteiger partial charge in [-0.05, 0) is 31.0 Å². The monoisotopic (exact) mass is 198 g/mol. The summed E-state index contributed by atoms with van der Waals surface area (Å²) in [5, 5.41) is 0. The topological polar surface area (TPSA) is 38.9 Å². The maximum Gasteiger partial charge on any atom is 0.0333 e. The Morgan fingerprint density at radius 3 is 2.54 bits per heavy atom. The van der Waals surface area contributed by atoms with E-state index in [0.717, 1.165) is 17.6 Å². The number of rotatable bonds is 3. The van der Waals surface area contributed by atoms with Crippen molar-refractivity contribution in [3.05, 3.63) is 42.2 Å². The summed E-state index contributed by atoms with van der Waals surface area (Å²) < 4.78 is 0. The number of hydrogen-bond acceptors (Lipinski definition) is 2. The Hall–Kier alpha value is -0.860. The predicted octanol–water partition coefficient (Wildman–Crippen LogP) is 2.47. The third-order valence-corrected chi connectivity index (χ3v) is 1.70. The molecule has 1 rings (SSSR count). The highest BCUT2D eigenvalue weighted by molar-refractivity contribution is 5.85. The molecule has 0 aliphatic heterocycles. The molecule has 13 heavy (non-hydrogen) atoms. The molecule has 1 atom stereocenters. The zero-order valence-corrected chi connectivity index (χ0v) is 8.55. The number of hydrogen-bond donors (Lipinski definition) is 1. The van der Waals surface area contributed by atoms with Crippen LogP contribution in [0.25, 0.3) is 0 Å². The minimum atomic E-state index is 0. The van der Waals surface area contributed by atoms with Crippen LogP contribution in [0.1, 0.15) is 24.9 Å². The van der Waals surface area contributed by atoms with Crippen molar-refractivity contribution in [3.8, 4) is 0 Å². The van der Waals surface area contributed by atoms with Gasteiger partial charge in [0.25, 0.3) is 0 Å². The zero-order chi connectivity index (χ0) is 8.97. The molecule has 3 heteroatoms. The highest BCUT2D eigenvalue weighted by Crippen LogP contribution is 2.15. The molecule has 2 nitrogen and oxygen atoms in total. The smallest absolute Gasteiger partial charge is 0.0333 e. The molecule has 0 saturated carbocycles. The highest BCUT2D eigenvalue weighted by Gasteiger charge is 2.04. The van der Waals surface area contributed by atoms with Crippen LogP contribution in [0.5, 0.6) is 0 Å². The summed E-state index contributed by atoms with van der Waals surface area (Å²) in [5.41, 5.74) is 8.14. The van der Waals surface area contributed by atoms with E-state index >= 15 is 0 Å². The third kappa shape index (κ3) is 4.06. The lowest BCUT2D eigenvalue weighted by molar-refractivity contribution is 0.716. The van der Waals surface area contributed by atoms with Gasteiger partial charge >= 0.3 is 0 Å². The molecule has 0 saturated heterocycles. The predicted molar refractivity (Wildman–Crippen MR) is 57.8 cm³/mol. The normalized spacial score (nSPS) is 11.5. The second-order valence-corrected chi connectivity index (χ2v) is 3.05. The molecule has 0 aliphatic rings. The van der Waals surface area contributed by atoms with E-state index in [1.165, 1.54) is 0 Å². The molecule has 0 aromatic carbocycles. The summed E-state index contributed by atoms with van der Waals surface area (Å²) in [4.78, 5) is 3.93. The Balaban J connectivity index is 0.00000144. The Kier molecular flexibility index (Phi) is 5.35. The largest absolute Gasteiger partial charge is 0.324 e. The van der Waals surface area contributed by atoms with Gasteiger partial charge in [0, 0.05) is 18.4 Å². The molecule has 1 heterocycles. The third-order valence-electron chi connectivity index (χ3n) is 1.70. The van der Waals surface area contributed by atoms with E-state index in [1.54, 1.807) is 12.4 Å². The van der Waals surface area contributed by atoms with Gasteiger partial charge in [-0.2, -0.15) is 0 Å². The first-order valence-electron chi connectivity index (χ1n) is 4.00. The molecule has 0 radical (unpaired) electrons. The van der Waals surface area contributed by atoms with E-state index in [2.05, 4.69) is 11.6 Å². The number of halogens is 1. The molecule has 0 aliphatic carbocycles. The van der Waals surface area contributed by atoms with Crippen LogP contribution in [0, 0.1) is 0 Å². The van der Waals surface area contributed by atoms with Crippen LogP contribution in [0.4, 0.5) is 0 Å². The van der Waals surface area contributed by atoms with Crippen molar-refractivity contribution < 1.29 is 0 Å². The summed E-state index contributed by atoms with van der Waals surface area (Å²) >= 11 is 0. The number of nitrogens with two attached hydrogens (primary N) is 1. The van der Waals surface area contributed by atoms with Crippen LogP contribution in [-0.4, -0.2) is 4.98 Å². The molecule has 0 spiro atoms. The van der Waals surface area contributed by atoms with Crippen LogP contribution in [0.15, 0.2) is 36.7 Å². The maximum atomic E-state index is 5.91. The van der Waals surface area contributed by atoms with Crippen molar-refractivity contribution in [1.82, 2.24) is 4.98 Å². The lowest BCUT2D eigenvalue weighted by Crippen LogP contribution is -2.10. The fourth-order valence-electron chi connectivity index (χ4n) is 1.10. The van der Waals surface area contributed by atoms with E-state index < -0.39 is 0 Å². The Morgan fingerprint density at radius 1 is 1.54 bits per heavy atom. The van der Waals surface area contributed by atoms with Crippen molar-refractivity contribution in [2.45, 2.75) is 19.4 Å². The lowest BCUT2D eigenvalue weighted by atomic mass is 10.0. The molecule has 72 valence electrons. The van der Waals surface area contributed by atoms with Crippen LogP contribution < -0.4 is 5.73 Å². The molecule has 1 aromatic rings. The summed E-state index contributed by atoms with van der Waals surface area (Å²) in [6.45, 7) is 5.81. The molecule has 0 unspecified atom stereocenters. The SMILES string of the molecule is C=C(C)C[C@@H](N)c1ccncc1.Cl. The van der Waals surface area contributed by atoms with Crippen LogP contribution in [-0.2, 0) is 0 Å². The fourth-order valence-corrected chi connectivity index (χ4v) is 1.10. The van der Waals surface area contributed by atoms with E-state index in [4.69, 9.17) is 5.73 Å². The quantitative estimate of drug-likeness (QED) is 0.758. The van der Waals surface area contributed by atoms with Crippen LogP contribution >= 0.6 is 12.4 Å². The highest BCUT2D eigenvalue weighted by atomic mass is 35.5. The standard InChI is InChI=1S/C10H14N2.ClH/c1-8(2)7-10(11)9-3-5-12-6-4-9;/h3-6,10H,1,7,11H2,2H3;1H/t10-;/m1./s1. The van der Waals surface area contributed by atoms with E-state index in [-0.39, 0.29) is 18.4 Å². The Labute approximate surface area is 85.3 Å². The average Bonchev–Trinajstić information content (AvgIpc) is 2.05. The van der Waals surface area contributed by atoms with Gasteiger partial charge in [0.1, 0.15) is 0 Å². The minimum absolute atomic E-state index is 0. The van der Waals surface area contributed by atoms with E-state index in [9.17, 15) is 0 Å². The molecule has 0 fully saturated rings. The summed E-state index contributed by atoms with van der Waals surface area (Å²) in [7, 11) is 0. The molecule has 2 N–H and O–H groups in total. The van der Waals surface area contributed by atoms with Crippen molar-refractivity contribution in [3.63, 3.8) is 0 Å². The van der Waals surface area contributed by atoms with Crippen LogP contribution in [0.3, 0.4) is 0 Å². The van der Waals surface area contributed by atoms with Gasteiger partial charge in [-0.3, -0.25) is 4.98 Å².